The highest BCUT2D eigenvalue weighted by Gasteiger charge is 2.34. The first-order valence-corrected chi connectivity index (χ1v) is 6.73. The lowest BCUT2D eigenvalue weighted by Gasteiger charge is -2.40. The van der Waals surface area contributed by atoms with Gasteiger partial charge in [0.2, 0.25) is 0 Å². The molecule has 0 amide bonds. The molecule has 1 saturated carbocycles. The van der Waals surface area contributed by atoms with E-state index in [1.807, 2.05) is 17.9 Å². The lowest BCUT2D eigenvalue weighted by molar-refractivity contribution is 0.162. The molecule has 3 nitrogen and oxygen atoms in total. The third kappa shape index (κ3) is 3.02. The Balaban J connectivity index is 2.06. The monoisotopic (exact) mass is 235 g/mol. The van der Waals surface area contributed by atoms with Crippen LogP contribution in [0.15, 0.2) is 12.3 Å². The Bertz CT molecular complexity index is 362. The van der Waals surface area contributed by atoms with E-state index in [2.05, 4.69) is 37.3 Å². The van der Waals surface area contributed by atoms with Gasteiger partial charge in [-0.05, 0) is 24.2 Å². The van der Waals surface area contributed by atoms with Crippen molar-refractivity contribution in [1.29, 1.82) is 0 Å². The summed E-state index contributed by atoms with van der Waals surface area (Å²) in [5.74, 6) is 1.77. The van der Waals surface area contributed by atoms with Crippen molar-refractivity contribution in [2.75, 3.05) is 5.32 Å². The van der Waals surface area contributed by atoms with E-state index in [9.17, 15) is 0 Å². The smallest absolute Gasteiger partial charge is 0.148 e. The highest BCUT2D eigenvalue weighted by Crippen LogP contribution is 2.39. The molecule has 2 rings (SSSR count). The molecule has 1 aromatic heterocycles. The highest BCUT2D eigenvalue weighted by molar-refractivity contribution is 5.34. The van der Waals surface area contributed by atoms with E-state index in [0.717, 1.165) is 11.7 Å². The molecule has 1 aliphatic carbocycles. The highest BCUT2D eigenvalue weighted by atomic mass is 15.3. The molecule has 0 bridgehead atoms. The Morgan fingerprint density at radius 2 is 2.00 bits per heavy atom. The second kappa shape index (κ2) is 4.71. The number of aromatic nitrogens is 2. The Morgan fingerprint density at radius 3 is 2.59 bits per heavy atom. The van der Waals surface area contributed by atoms with Gasteiger partial charge in [0.15, 0.2) is 0 Å². The number of aryl methyl sites for hydroxylation is 1. The first kappa shape index (κ1) is 12.5. The lowest BCUT2D eigenvalue weighted by atomic mass is 9.69. The van der Waals surface area contributed by atoms with Crippen molar-refractivity contribution in [3.8, 4) is 0 Å². The maximum Gasteiger partial charge on any atom is 0.148 e. The van der Waals surface area contributed by atoms with E-state index in [-0.39, 0.29) is 0 Å². The summed E-state index contributed by atoms with van der Waals surface area (Å²) in [6.07, 6.45) is 7.34. The van der Waals surface area contributed by atoms with Crippen molar-refractivity contribution < 1.29 is 0 Å². The summed E-state index contributed by atoms with van der Waals surface area (Å²) >= 11 is 0. The number of nitrogens with one attached hydrogen (secondary N) is 1. The van der Waals surface area contributed by atoms with Gasteiger partial charge < -0.3 is 5.32 Å². The molecule has 1 N–H and O–H groups in total. The summed E-state index contributed by atoms with van der Waals surface area (Å²) in [7, 11) is 1.97. The Kier molecular flexibility index (Phi) is 3.45. The van der Waals surface area contributed by atoms with Crippen LogP contribution in [0.4, 0.5) is 5.82 Å². The Hall–Kier alpha value is -0.990. The predicted octanol–water partition coefficient (Wildman–Crippen LogP) is 3.44. The summed E-state index contributed by atoms with van der Waals surface area (Å²) < 4.78 is 1.86. The zero-order valence-corrected chi connectivity index (χ0v) is 11.5. The maximum atomic E-state index is 4.43. The topological polar surface area (TPSA) is 29.9 Å². The molecular weight excluding hydrogens is 210 g/mol. The molecule has 0 radical (unpaired) electrons. The minimum absolute atomic E-state index is 0.382. The van der Waals surface area contributed by atoms with Gasteiger partial charge in [-0.25, -0.2) is 0 Å². The molecule has 1 fully saturated rings. The molecule has 2 atom stereocenters. The third-order valence-corrected chi connectivity index (χ3v) is 3.93. The van der Waals surface area contributed by atoms with Crippen molar-refractivity contribution in [1.82, 2.24) is 9.78 Å². The van der Waals surface area contributed by atoms with Crippen LogP contribution in [0.25, 0.3) is 0 Å². The van der Waals surface area contributed by atoms with Crippen molar-refractivity contribution in [3.05, 3.63) is 12.3 Å². The van der Waals surface area contributed by atoms with Crippen molar-refractivity contribution >= 4 is 5.82 Å². The van der Waals surface area contributed by atoms with E-state index >= 15 is 0 Å². The summed E-state index contributed by atoms with van der Waals surface area (Å²) in [5.41, 5.74) is 0.382. The van der Waals surface area contributed by atoms with Gasteiger partial charge in [0, 0.05) is 25.4 Å². The molecule has 2 unspecified atom stereocenters. The van der Waals surface area contributed by atoms with Gasteiger partial charge in [-0.3, -0.25) is 4.68 Å². The fourth-order valence-electron chi connectivity index (χ4n) is 3.02. The quantitative estimate of drug-likeness (QED) is 0.851. The number of nitrogens with zero attached hydrogens (tertiary/aromatic N) is 2. The van der Waals surface area contributed by atoms with Crippen LogP contribution >= 0.6 is 0 Å². The molecule has 0 spiro atoms. The molecule has 0 aromatic carbocycles. The molecule has 96 valence electrons. The largest absolute Gasteiger partial charge is 0.366 e. The molecule has 0 saturated heterocycles. The average Bonchev–Trinajstić information content (AvgIpc) is 2.63. The fourth-order valence-corrected chi connectivity index (χ4v) is 3.02. The second-order valence-corrected chi connectivity index (χ2v) is 6.38. The van der Waals surface area contributed by atoms with Gasteiger partial charge >= 0.3 is 0 Å². The summed E-state index contributed by atoms with van der Waals surface area (Å²) in [5, 5.41) is 8.05. The van der Waals surface area contributed by atoms with Crippen LogP contribution in [-0.2, 0) is 7.05 Å². The van der Waals surface area contributed by atoms with Gasteiger partial charge in [-0.1, -0.05) is 33.6 Å². The third-order valence-electron chi connectivity index (χ3n) is 3.93. The van der Waals surface area contributed by atoms with E-state index in [0.29, 0.717) is 11.5 Å². The molecular formula is C14H25N3. The van der Waals surface area contributed by atoms with Gasteiger partial charge in [-0.15, -0.1) is 0 Å². The number of hydrogen-bond donors (Lipinski definition) is 1. The van der Waals surface area contributed by atoms with Crippen LogP contribution in [0, 0.1) is 11.3 Å². The fraction of sp³-hybridized carbons (Fsp3) is 0.786. The van der Waals surface area contributed by atoms with Crippen molar-refractivity contribution in [2.45, 2.75) is 52.5 Å². The average molecular weight is 235 g/mol. The predicted molar refractivity (Wildman–Crippen MR) is 72.0 cm³/mol. The second-order valence-electron chi connectivity index (χ2n) is 6.38. The van der Waals surface area contributed by atoms with Gasteiger partial charge in [0.1, 0.15) is 5.82 Å². The summed E-state index contributed by atoms with van der Waals surface area (Å²) in [4.78, 5) is 0. The molecule has 1 heterocycles. The van der Waals surface area contributed by atoms with Crippen LogP contribution in [0.2, 0.25) is 0 Å². The summed E-state index contributed by atoms with van der Waals surface area (Å²) in [6.45, 7) is 7.07. The zero-order chi connectivity index (χ0) is 12.5. The minimum Gasteiger partial charge on any atom is -0.366 e. The van der Waals surface area contributed by atoms with E-state index < -0.39 is 0 Å². The zero-order valence-electron chi connectivity index (χ0n) is 11.5. The minimum atomic E-state index is 0.382. The van der Waals surface area contributed by atoms with E-state index in [1.165, 1.54) is 25.7 Å². The van der Waals surface area contributed by atoms with Gasteiger partial charge in [0.25, 0.3) is 0 Å². The number of hydrogen-bond acceptors (Lipinski definition) is 2. The van der Waals surface area contributed by atoms with Crippen LogP contribution in [0.1, 0.15) is 46.5 Å². The van der Waals surface area contributed by atoms with Crippen LogP contribution in [0.5, 0.6) is 0 Å². The number of anilines is 1. The first-order chi connectivity index (χ1) is 7.97. The Labute approximate surface area is 105 Å². The van der Waals surface area contributed by atoms with Crippen LogP contribution < -0.4 is 5.32 Å². The van der Waals surface area contributed by atoms with Crippen LogP contribution in [0.3, 0.4) is 0 Å². The molecule has 17 heavy (non-hydrogen) atoms. The number of rotatable bonds is 2. The molecule has 0 aliphatic heterocycles. The van der Waals surface area contributed by atoms with Gasteiger partial charge in [0.05, 0.1) is 0 Å². The lowest BCUT2D eigenvalue weighted by Crippen LogP contribution is -2.39. The van der Waals surface area contributed by atoms with E-state index in [1.54, 1.807) is 0 Å². The molecule has 1 aliphatic rings. The van der Waals surface area contributed by atoms with Crippen molar-refractivity contribution in [2.24, 2.45) is 18.4 Å². The van der Waals surface area contributed by atoms with Gasteiger partial charge in [-0.2, -0.15) is 5.10 Å². The van der Waals surface area contributed by atoms with E-state index in [4.69, 9.17) is 0 Å². The standard InChI is InChI=1S/C14H25N3/c1-14(2,3)11-7-5-6-8-12(11)15-13-9-10-17(4)16-13/h9-12H,5-8H2,1-4H3,(H,15,16). The first-order valence-electron chi connectivity index (χ1n) is 6.73. The summed E-state index contributed by atoms with van der Waals surface area (Å²) in [6, 6.07) is 2.65. The normalized spacial score (nSPS) is 25.9. The van der Waals surface area contributed by atoms with Crippen molar-refractivity contribution in [3.63, 3.8) is 0 Å². The molecule has 3 heteroatoms. The van der Waals surface area contributed by atoms with Crippen LogP contribution in [-0.4, -0.2) is 15.8 Å². The Morgan fingerprint density at radius 1 is 1.29 bits per heavy atom. The maximum absolute atomic E-state index is 4.43. The SMILES string of the molecule is Cn1ccc(NC2CCCCC2C(C)(C)C)n1. The molecule has 1 aromatic rings.